The number of sulfonamides is 1. The predicted octanol–water partition coefficient (Wildman–Crippen LogP) is 2.34. The molecule has 122 valence electrons. The minimum atomic E-state index is -3.38. The minimum Gasteiger partial charge on any atom is -0.375 e. The van der Waals surface area contributed by atoms with Crippen LogP contribution in [-0.4, -0.2) is 43.8 Å². The molecule has 1 saturated heterocycles. The third kappa shape index (κ3) is 3.34. The van der Waals surface area contributed by atoms with Crippen molar-refractivity contribution in [2.75, 3.05) is 18.9 Å². The minimum absolute atomic E-state index is 0.0331. The number of aryl methyl sites for hydroxylation is 1. The molecule has 2 aliphatic rings. The number of nitrogens with zero attached hydrogens (tertiary/aromatic N) is 1. The quantitative estimate of drug-likeness (QED) is 0.853. The average Bonchev–Trinajstić information content (AvgIpc) is 2.53. The van der Waals surface area contributed by atoms with E-state index in [9.17, 15) is 12.8 Å². The van der Waals surface area contributed by atoms with Crippen molar-refractivity contribution in [2.45, 2.75) is 44.2 Å². The maximum Gasteiger partial charge on any atom is 0.214 e. The number of fused-ring (bicyclic) bond motifs is 1. The van der Waals surface area contributed by atoms with Crippen molar-refractivity contribution in [3.63, 3.8) is 0 Å². The van der Waals surface area contributed by atoms with Gasteiger partial charge in [0.2, 0.25) is 10.0 Å². The van der Waals surface area contributed by atoms with E-state index >= 15 is 0 Å². The molecule has 1 aliphatic carbocycles. The average molecular weight is 327 g/mol. The summed E-state index contributed by atoms with van der Waals surface area (Å²) in [6.07, 6.45) is 4.19. The third-order valence-corrected chi connectivity index (χ3v) is 6.51. The van der Waals surface area contributed by atoms with Crippen LogP contribution in [0, 0.1) is 5.82 Å². The van der Waals surface area contributed by atoms with Gasteiger partial charge in [0.05, 0.1) is 24.5 Å². The Morgan fingerprint density at radius 2 is 2.00 bits per heavy atom. The second-order valence-corrected chi connectivity index (χ2v) is 8.07. The second-order valence-electron chi connectivity index (χ2n) is 6.03. The Kier molecular flexibility index (Phi) is 4.80. The molecule has 1 aromatic rings. The van der Waals surface area contributed by atoms with Gasteiger partial charge in [-0.25, -0.2) is 12.8 Å². The Morgan fingerprint density at radius 3 is 2.82 bits per heavy atom. The Hall–Kier alpha value is -0.980. The molecule has 4 nitrogen and oxygen atoms in total. The van der Waals surface area contributed by atoms with Crippen molar-refractivity contribution in [1.82, 2.24) is 4.31 Å². The van der Waals surface area contributed by atoms with Crippen LogP contribution in [0.2, 0.25) is 0 Å². The van der Waals surface area contributed by atoms with Crippen molar-refractivity contribution in [3.05, 3.63) is 35.6 Å². The Morgan fingerprint density at radius 1 is 1.23 bits per heavy atom. The summed E-state index contributed by atoms with van der Waals surface area (Å²) in [5, 5.41) is 0. The van der Waals surface area contributed by atoms with E-state index in [-0.39, 0.29) is 30.1 Å². The maximum atomic E-state index is 13.6. The van der Waals surface area contributed by atoms with Crippen LogP contribution in [0.4, 0.5) is 4.39 Å². The highest BCUT2D eigenvalue weighted by atomic mass is 32.2. The number of halogens is 1. The van der Waals surface area contributed by atoms with Crippen molar-refractivity contribution in [2.24, 2.45) is 0 Å². The predicted molar refractivity (Wildman–Crippen MR) is 82.6 cm³/mol. The van der Waals surface area contributed by atoms with Gasteiger partial charge in [0, 0.05) is 6.54 Å². The molecule has 1 aliphatic heterocycles. The molecule has 1 saturated carbocycles. The fourth-order valence-electron chi connectivity index (χ4n) is 3.46. The SMILES string of the molecule is O=S(=O)(CCc1ccccc1F)N1CCOC2CCCCC21. The first-order chi connectivity index (χ1) is 10.6. The highest BCUT2D eigenvalue weighted by molar-refractivity contribution is 7.89. The van der Waals surface area contributed by atoms with Crippen LogP contribution in [0.15, 0.2) is 24.3 Å². The highest BCUT2D eigenvalue weighted by Gasteiger charge is 2.39. The van der Waals surface area contributed by atoms with Gasteiger partial charge < -0.3 is 4.74 Å². The van der Waals surface area contributed by atoms with E-state index in [0.717, 1.165) is 25.7 Å². The maximum absolute atomic E-state index is 13.6. The monoisotopic (exact) mass is 327 g/mol. The molecule has 0 bridgehead atoms. The molecule has 3 rings (SSSR count). The molecule has 2 fully saturated rings. The van der Waals surface area contributed by atoms with Crippen LogP contribution in [0.5, 0.6) is 0 Å². The first kappa shape index (κ1) is 15.9. The van der Waals surface area contributed by atoms with Crippen molar-refractivity contribution >= 4 is 10.0 Å². The van der Waals surface area contributed by atoms with Gasteiger partial charge in [-0.3, -0.25) is 0 Å². The number of rotatable bonds is 4. The van der Waals surface area contributed by atoms with Gasteiger partial charge in [-0.15, -0.1) is 0 Å². The van der Waals surface area contributed by atoms with E-state index in [4.69, 9.17) is 4.74 Å². The summed E-state index contributed by atoms with van der Waals surface area (Å²) in [6.45, 7) is 0.876. The molecule has 0 radical (unpaired) electrons. The summed E-state index contributed by atoms with van der Waals surface area (Å²) < 4.78 is 46.3. The van der Waals surface area contributed by atoms with Gasteiger partial charge >= 0.3 is 0 Å². The van der Waals surface area contributed by atoms with E-state index in [0.29, 0.717) is 18.7 Å². The molecule has 1 aromatic carbocycles. The molecule has 2 atom stereocenters. The summed E-state index contributed by atoms with van der Waals surface area (Å²) in [7, 11) is -3.38. The first-order valence-electron chi connectivity index (χ1n) is 7.92. The lowest BCUT2D eigenvalue weighted by Crippen LogP contribution is -2.55. The molecule has 22 heavy (non-hydrogen) atoms. The van der Waals surface area contributed by atoms with E-state index in [1.165, 1.54) is 6.07 Å². The molecule has 0 spiro atoms. The lowest BCUT2D eigenvalue weighted by Gasteiger charge is -2.42. The Labute approximate surface area is 131 Å². The van der Waals surface area contributed by atoms with Crippen molar-refractivity contribution in [1.29, 1.82) is 0 Å². The summed E-state index contributed by atoms with van der Waals surface area (Å²) >= 11 is 0. The lowest BCUT2D eigenvalue weighted by atomic mass is 9.91. The molecule has 2 unspecified atom stereocenters. The summed E-state index contributed by atoms with van der Waals surface area (Å²) in [5.41, 5.74) is 0.458. The molecule has 0 N–H and O–H groups in total. The first-order valence-corrected chi connectivity index (χ1v) is 9.53. The van der Waals surface area contributed by atoms with E-state index < -0.39 is 10.0 Å². The van der Waals surface area contributed by atoms with Crippen molar-refractivity contribution in [3.8, 4) is 0 Å². The standard InChI is InChI=1S/C16H22FNO3S/c17-14-6-2-1-5-13(14)9-12-22(19,20)18-10-11-21-16-8-4-3-7-15(16)18/h1-2,5-6,15-16H,3-4,7-12H2. The van der Waals surface area contributed by atoms with Crippen LogP contribution < -0.4 is 0 Å². The Balaban J connectivity index is 1.70. The van der Waals surface area contributed by atoms with Gasteiger partial charge in [0.15, 0.2) is 0 Å². The number of hydrogen-bond donors (Lipinski definition) is 0. The lowest BCUT2D eigenvalue weighted by molar-refractivity contribution is -0.0585. The number of morpholine rings is 1. The van der Waals surface area contributed by atoms with Crippen LogP contribution in [-0.2, 0) is 21.2 Å². The van der Waals surface area contributed by atoms with Crippen molar-refractivity contribution < 1.29 is 17.5 Å². The largest absolute Gasteiger partial charge is 0.375 e. The van der Waals surface area contributed by atoms with Gasteiger partial charge in [0.1, 0.15) is 5.82 Å². The molecular weight excluding hydrogens is 305 g/mol. The zero-order valence-electron chi connectivity index (χ0n) is 12.6. The van der Waals surface area contributed by atoms with Crippen LogP contribution >= 0.6 is 0 Å². The normalized spacial score (nSPS) is 26.6. The van der Waals surface area contributed by atoms with Crippen LogP contribution in [0.3, 0.4) is 0 Å². The molecular formula is C16H22FNO3S. The zero-order chi connectivity index (χ0) is 15.6. The Bertz CT molecular complexity index is 618. The summed E-state index contributed by atoms with van der Waals surface area (Å²) in [4.78, 5) is 0. The smallest absolute Gasteiger partial charge is 0.214 e. The molecule has 0 amide bonds. The third-order valence-electron chi connectivity index (χ3n) is 4.63. The highest BCUT2D eigenvalue weighted by Crippen LogP contribution is 2.30. The fraction of sp³-hybridized carbons (Fsp3) is 0.625. The fourth-order valence-corrected chi connectivity index (χ4v) is 5.18. The van der Waals surface area contributed by atoms with Gasteiger partial charge in [-0.1, -0.05) is 31.0 Å². The second kappa shape index (κ2) is 6.64. The number of benzene rings is 1. The van der Waals surface area contributed by atoms with Gasteiger partial charge in [-0.2, -0.15) is 4.31 Å². The van der Waals surface area contributed by atoms with E-state index in [1.807, 2.05) is 0 Å². The van der Waals surface area contributed by atoms with Crippen LogP contribution in [0.1, 0.15) is 31.2 Å². The van der Waals surface area contributed by atoms with E-state index in [2.05, 4.69) is 0 Å². The zero-order valence-corrected chi connectivity index (χ0v) is 13.4. The van der Waals surface area contributed by atoms with Gasteiger partial charge in [-0.05, 0) is 30.9 Å². The molecule has 0 aromatic heterocycles. The number of ether oxygens (including phenoxy) is 1. The molecule has 6 heteroatoms. The van der Waals surface area contributed by atoms with Crippen LogP contribution in [0.25, 0.3) is 0 Å². The number of hydrogen-bond acceptors (Lipinski definition) is 3. The van der Waals surface area contributed by atoms with Gasteiger partial charge in [0.25, 0.3) is 0 Å². The topological polar surface area (TPSA) is 46.6 Å². The molecule has 1 heterocycles. The van der Waals surface area contributed by atoms with E-state index in [1.54, 1.807) is 22.5 Å². The summed E-state index contributed by atoms with van der Waals surface area (Å²) in [5.74, 6) is -0.382. The summed E-state index contributed by atoms with van der Waals surface area (Å²) in [6, 6.07) is 6.33.